The molecule has 1 atom stereocenters. The van der Waals surface area contributed by atoms with E-state index in [0.717, 1.165) is 19.0 Å². The van der Waals surface area contributed by atoms with Crippen molar-refractivity contribution in [3.63, 3.8) is 0 Å². The fourth-order valence-corrected chi connectivity index (χ4v) is 3.67. The van der Waals surface area contributed by atoms with Crippen molar-refractivity contribution in [3.05, 3.63) is 35.9 Å². The molecule has 1 fully saturated rings. The van der Waals surface area contributed by atoms with Crippen LogP contribution in [0.2, 0.25) is 0 Å². The minimum atomic E-state index is 0.218. The van der Waals surface area contributed by atoms with Crippen LogP contribution in [0.25, 0.3) is 0 Å². The molecule has 1 aliphatic rings. The van der Waals surface area contributed by atoms with E-state index < -0.39 is 0 Å². The van der Waals surface area contributed by atoms with Crippen molar-refractivity contribution in [2.24, 2.45) is 11.3 Å². The molecule has 0 heterocycles. The van der Waals surface area contributed by atoms with Crippen LogP contribution in [-0.4, -0.2) is 31.6 Å². The summed E-state index contributed by atoms with van der Waals surface area (Å²) in [5.74, 6) is 0.950. The summed E-state index contributed by atoms with van der Waals surface area (Å²) >= 11 is 0. The SMILES string of the molecule is CCN(CC1CCC1)CC(C)(C)C(NC)c1ccccc1. The molecular formula is C19H32N2. The lowest BCUT2D eigenvalue weighted by molar-refractivity contribution is 0.110. The van der Waals surface area contributed by atoms with Gasteiger partial charge in [0.05, 0.1) is 0 Å². The summed E-state index contributed by atoms with van der Waals surface area (Å²) in [4.78, 5) is 2.65. The highest BCUT2D eigenvalue weighted by atomic mass is 15.1. The first-order chi connectivity index (χ1) is 10.1. The highest BCUT2D eigenvalue weighted by Crippen LogP contribution is 2.35. The van der Waals surface area contributed by atoms with Gasteiger partial charge in [-0.3, -0.25) is 0 Å². The van der Waals surface area contributed by atoms with Crippen molar-refractivity contribution in [3.8, 4) is 0 Å². The van der Waals surface area contributed by atoms with Crippen molar-refractivity contribution >= 4 is 0 Å². The second-order valence-corrected chi connectivity index (χ2v) is 7.25. The first-order valence-electron chi connectivity index (χ1n) is 8.51. The Kier molecular flexibility index (Phi) is 5.83. The van der Waals surface area contributed by atoms with Gasteiger partial charge in [0.25, 0.3) is 0 Å². The van der Waals surface area contributed by atoms with E-state index >= 15 is 0 Å². The molecule has 2 nitrogen and oxygen atoms in total. The van der Waals surface area contributed by atoms with E-state index in [2.05, 4.69) is 68.4 Å². The molecule has 0 radical (unpaired) electrons. The summed E-state index contributed by atoms with van der Waals surface area (Å²) in [6, 6.07) is 11.3. The first-order valence-corrected chi connectivity index (χ1v) is 8.51. The zero-order valence-corrected chi connectivity index (χ0v) is 14.2. The number of benzene rings is 1. The number of rotatable bonds is 8. The van der Waals surface area contributed by atoms with Crippen molar-refractivity contribution in [2.75, 3.05) is 26.7 Å². The van der Waals surface area contributed by atoms with E-state index in [0.29, 0.717) is 6.04 Å². The molecule has 118 valence electrons. The van der Waals surface area contributed by atoms with Gasteiger partial charge < -0.3 is 10.2 Å². The average molecular weight is 288 g/mol. The van der Waals surface area contributed by atoms with E-state index in [9.17, 15) is 0 Å². The van der Waals surface area contributed by atoms with Gasteiger partial charge in [0.2, 0.25) is 0 Å². The summed E-state index contributed by atoms with van der Waals surface area (Å²) in [7, 11) is 2.08. The van der Waals surface area contributed by atoms with E-state index in [1.165, 1.54) is 31.4 Å². The van der Waals surface area contributed by atoms with Crippen LogP contribution in [0.3, 0.4) is 0 Å². The summed E-state index contributed by atoms with van der Waals surface area (Å²) in [6.45, 7) is 10.7. The van der Waals surface area contributed by atoms with Crippen LogP contribution in [0, 0.1) is 11.3 Å². The summed E-state index contributed by atoms with van der Waals surface area (Å²) < 4.78 is 0. The third-order valence-corrected chi connectivity index (χ3v) is 5.02. The van der Waals surface area contributed by atoms with Crippen LogP contribution in [-0.2, 0) is 0 Å². The number of hydrogen-bond acceptors (Lipinski definition) is 2. The number of hydrogen-bond donors (Lipinski definition) is 1. The minimum Gasteiger partial charge on any atom is -0.313 e. The van der Waals surface area contributed by atoms with E-state index in [4.69, 9.17) is 0 Å². The van der Waals surface area contributed by atoms with Crippen LogP contribution in [0.1, 0.15) is 51.6 Å². The minimum absolute atomic E-state index is 0.218. The molecule has 0 aromatic heterocycles. The predicted molar refractivity (Wildman–Crippen MR) is 91.5 cm³/mol. The van der Waals surface area contributed by atoms with Gasteiger partial charge in [0, 0.05) is 19.1 Å². The standard InChI is InChI=1S/C19H32N2/c1-5-21(14-16-10-9-11-16)15-19(2,3)18(20-4)17-12-7-6-8-13-17/h6-8,12-13,16,18,20H,5,9-11,14-15H2,1-4H3. The Hall–Kier alpha value is -0.860. The summed E-state index contributed by atoms with van der Waals surface area (Å²) in [5, 5.41) is 3.54. The second kappa shape index (κ2) is 7.42. The van der Waals surface area contributed by atoms with E-state index in [1.54, 1.807) is 0 Å². The van der Waals surface area contributed by atoms with Crippen molar-refractivity contribution < 1.29 is 0 Å². The number of nitrogens with zero attached hydrogens (tertiary/aromatic N) is 1. The van der Waals surface area contributed by atoms with Gasteiger partial charge in [-0.2, -0.15) is 0 Å². The molecule has 0 bridgehead atoms. The van der Waals surface area contributed by atoms with E-state index in [-0.39, 0.29) is 5.41 Å². The van der Waals surface area contributed by atoms with Crippen LogP contribution >= 0.6 is 0 Å². The van der Waals surface area contributed by atoms with Crippen LogP contribution < -0.4 is 5.32 Å². The van der Waals surface area contributed by atoms with Crippen LogP contribution in [0.15, 0.2) is 30.3 Å². The second-order valence-electron chi connectivity index (χ2n) is 7.25. The average Bonchev–Trinajstić information content (AvgIpc) is 2.43. The molecule has 1 aliphatic carbocycles. The lowest BCUT2D eigenvalue weighted by Gasteiger charge is -2.41. The maximum absolute atomic E-state index is 3.54. The molecule has 21 heavy (non-hydrogen) atoms. The maximum atomic E-state index is 3.54. The fraction of sp³-hybridized carbons (Fsp3) is 0.684. The Balaban J connectivity index is 2.03. The Bertz CT molecular complexity index is 409. The maximum Gasteiger partial charge on any atom is 0.0381 e. The molecule has 0 aliphatic heterocycles. The smallest absolute Gasteiger partial charge is 0.0381 e. The normalized spacial score (nSPS) is 17.8. The topological polar surface area (TPSA) is 15.3 Å². The molecule has 2 heteroatoms. The lowest BCUT2D eigenvalue weighted by atomic mass is 9.79. The highest BCUT2D eigenvalue weighted by Gasteiger charge is 2.32. The predicted octanol–water partition coefficient (Wildman–Crippen LogP) is 4.10. The third kappa shape index (κ3) is 4.31. The van der Waals surface area contributed by atoms with E-state index in [1.807, 2.05) is 0 Å². The Morgan fingerprint density at radius 3 is 2.38 bits per heavy atom. The van der Waals surface area contributed by atoms with Gasteiger partial charge in [0.15, 0.2) is 0 Å². The molecular weight excluding hydrogens is 256 g/mol. The van der Waals surface area contributed by atoms with Gasteiger partial charge >= 0.3 is 0 Å². The largest absolute Gasteiger partial charge is 0.313 e. The Labute approximate surface area is 130 Å². The van der Waals surface area contributed by atoms with Crippen LogP contribution in [0.5, 0.6) is 0 Å². The third-order valence-electron chi connectivity index (χ3n) is 5.02. The zero-order chi connectivity index (χ0) is 15.3. The van der Waals surface area contributed by atoms with Crippen molar-refractivity contribution in [1.29, 1.82) is 0 Å². The summed E-state index contributed by atoms with van der Waals surface area (Å²) in [6.07, 6.45) is 4.31. The van der Waals surface area contributed by atoms with Gasteiger partial charge in [-0.05, 0) is 43.3 Å². The molecule has 1 aromatic rings. The molecule has 1 unspecified atom stereocenters. The van der Waals surface area contributed by atoms with Crippen molar-refractivity contribution in [2.45, 2.75) is 46.1 Å². The molecule has 2 rings (SSSR count). The molecule has 1 saturated carbocycles. The fourth-order valence-electron chi connectivity index (χ4n) is 3.67. The van der Waals surface area contributed by atoms with Gasteiger partial charge in [-0.25, -0.2) is 0 Å². The molecule has 1 aromatic carbocycles. The Morgan fingerprint density at radius 2 is 1.90 bits per heavy atom. The molecule has 0 spiro atoms. The molecule has 0 amide bonds. The monoisotopic (exact) mass is 288 g/mol. The lowest BCUT2D eigenvalue weighted by Crippen LogP contribution is -2.44. The molecule has 0 saturated heterocycles. The van der Waals surface area contributed by atoms with Gasteiger partial charge in [0.1, 0.15) is 0 Å². The molecule has 1 N–H and O–H groups in total. The number of nitrogens with one attached hydrogen (secondary N) is 1. The van der Waals surface area contributed by atoms with Crippen molar-refractivity contribution in [1.82, 2.24) is 10.2 Å². The zero-order valence-electron chi connectivity index (χ0n) is 14.2. The highest BCUT2D eigenvalue weighted by molar-refractivity contribution is 5.21. The van der Waals surface area contributed by atoms with Gasteiger partial charge in [-0.15, -0.1) is 0 Å². The van der Waals surface area contributed by atoms with Gasteiger partial charge in [-0.1, -0.05) is 57.5 Å². The summed E-state index contributed by atoms with van der Waals surface area (Å²) in [5.41, 5.74) is 1.61. The quantitative estimate of drug-likeness (QED) is 0.775. The van der Waals surface area contributed by atoms with Crippen LogP contribution in [0.4, 0.5) is 0 Å². The first kappa shape index (κ1) is 16.5. The Morgan fingerprint density at radius 1 is 1.24 bits per heavy atom.